The minimum absolute atomic E-state index is 0.0378. The third-order valence-corrected chi connectivity index (χ3v) is 2.81. The van der Waals surface area contributed by atoms with Gasteiger partial charge in [0.1, 0.15) is 5.82 Å². The van der Waals surface area contributed by atoms with Crippen LogP contribution in [0.25, 0.3) is 0 Å². The number of carboxylic acid groups (broad SMARTS) is 1. The molecule has 7 nitrogen and oxygen atoms in total. The van der Waals surface area contributed by atoms with Gasteiger partial charge in [0.05, 0.1) is 13.5 Å². The van der Waals surface area contributed by atoms with E-state index >= 15 is 0 Å². The fourth-order valence-corrected chi connectivity index (χ4v) is 1.55. The van der Waals surface area contributed by atoms with E-state index in [-0.39, 0.29) is 23.6 Å². The average Bonchev–Trinajstić information content (AvgIpc) is 2.36. The number of anilines is 1. The third-order valence-electron chi connectivity index (χ3n) is 2.81. The van der Waals surface area contributed by atoms with Crippen molar-refractivity contribution < 1.29 is 19.4 Å². The molecule has 0 saturated carbocycles. The number of carbonyl (C=O) groups is 2. The average molecular weight is 281 g/mol. The first-order chi connectivity index (χ1) is 9.24. The number of carboxylic acids is 1. The number of nitrogens with zero attached hydrogens (tertiary/aromatic N) is 2. The van der Waals surface area contributed by atoms with Crippen molar-refractivity contribution in [3.8, 4) is 0 Å². The van der Waals surface area contributed by atoms with Crippen molar-refractivity contribution in [2.45, 2.75) is 33.2 Å². The Kier molecular flexibility index (Phi) is 5.01. The van der Waals surface area contributed by atoms with Crippen LogP contribution >= 0.6 is 0 Å². The summed E-state index contributed by atoms with van der Waals surface area (Å²) in [5, 5.41) is 19.5. The molecule has 0 aliphatic carbocycles. The van der Waals surface area contributed by atoms with Gasteiger partial charge in [-0.25, -0.2) is 4.79 Å². The molecule has 0 aliphatic rings. The largest absolute Gasteiger partial charge is 0.481 e. The highest BCUT2D eigenvalue weighted by atomic mass is 16.5. The highest BCUT2D eigenvalue weighted by molar-refractivity contribution is 5.86. The van der Waals surface area contributed by atoms with E-state index in [1.165, 1.54) is 13.2 Å². The summed E-state index contributed by atoms with van der Waals surface area (Å²) in [6.45, 7) is 5.80. The van der Waals surface area contributed by atoms with Crippen LogP contribution in [0.3, 0.4) is 0 Å². The highest BCUT2D eigenvalue weighted by Crippen LogP contribution is 2.24. The van der Waals surface area contributed by atoms with Crippen molar-refractivity contribution >= 4 is 17.8 Å². The second-order valence-corrected chi connectivity index (χ2v) is 5.46. The van der Waals surface area contributed by atoms with Gasteiger partial charge in [-0.1, -0.05) is 20.8 Å². The topological polar surface area (TPSA) is 101 Å². The number of methoxy groups -OCH3 is 1. The number of carbonyl (C=O) groups excluding carboxylic acids is 1. The Morgan fingerprint density at radius 2 is 2.00 bits per heavy atom. The van der Waals surface area contributed by atoms with Gasteiger partial charge in [-0.15, -0.1) is 10.2 Å². The second-order valence-electron chi connectivity index (χ2n) is 5.46. The number of aliphatic carboxylic acids is 1. The smallest absolute Gasteiger partial charge is 0.358 e. The van der Waals surface area contributed by atoms with Crippen LogP contribution in [0.15, 0.2) is 12.1 Å². The van der Waals surface area contributed by atoms with Crippen molar-refractivity contribution in [3.05, 3.63) is 17.8 Å². The Morgan fingerprint density at radius 1 is 1.35 bits per heavy atom. The predicted molar refractivity (Wildman–Crippen MR) is 72.5 cm³/mol. The second kappa shape index (κ2) is 6.31. The maximum Gasteiger partial charge on any atom is 0.358 e. The number of ether oxygens (including phenoxy) is 1. The van der Waals surface area contributed by atoms with Crippen LogP contribution in [0.1, 0.15) is 37.7 Å². The fourth-order valence-electron chi connectivity index (χ4n) is 1.55. The lowest BCUT2D eigenvalue weighted by Crippen LogP contribution is -2.36. The number of rotatable bonds is 5. The molecule has 1 atom stereocenters. The van der Waals surface area contributed by atoms with E-state index in [0.717, 1.165) is 0 Å². The molecule has 0 spiro atoms. The molecule has 0 amide bonds. The lowest BCUT2D eigenvalue weighted by atomic mass is 9.85. The first-order valence-corrected chi connectivity index (χ1v) is 6.14. The number of hydrogen-bond acceptors (Lipinski definition) is 6. The molecule has 1 rings (SSSR count). The van der Waals surface area contributed by atoms with E-state index in [9.17, 15) is 9.59 Å². The maximum absolute atomic E-state index is 11.2. The highest BCUT2D eigenvalue weighted by Gasteiger charge is 2.27. The summed E-state index contributed by atoms with van der Waals surface area (Å²) in [6, 6.07) is 2.74. The predicted octanol–water partition coefficient (Wildman–Crippen LogP) is 1.56. The summed E-state index contributed by atoms with van der Waals surface area (Å²) in [5.41, 5.74) is -0.162. The van der Waals surface area contributed by atoms with Gasteiger partial charge in [0.25, 0.3) is 0 Å². The summed E-state index contributed by atoms with van der Waals surface area (Å²) in [6.07, 6.45) is -0.0378. The molecule has 1 aromatic heterocycles. The number of esters is 1. The number of hydrogen-bond donors (Lipinski definition) is 2. The summed E-state index contributed by atoms with van der Waals surface area (Å²) in [4.78, 5) is 22.1. The number of nitrogens with one attached hydrogen (secondary N) is 1. The van der Waals surface area contributed by atoms with Gasteiger partial charge < -0.3 is 15.2 Å². The summed E-state index contributed by atoms with van der Waals surface area (Å²) in [7, 11) is 1.26. The molecule has 2 N–H and O–H groups in total. The summed E-state index contributed by atoms with van der Waals surface area (Å²) in [5.74, 6) is -1.04. The molecular formula is C13H19N3O4. The van der Waals surface area contributed by atoms with Gasteiger partial charge in [0.15, 0.2) is 5.69 Å². The molecule has 0 radical (unpaired) electrons. The van der Waals surface area contributed by atoms with Gasteiger partial charge in [-0.2, -0.15) is 0 Å². The zero-order valence-corrected chi connectivity index (χ0v) is 12.0. The molecule has 0 bridgehead atoms. The van der Waals surface area contributed by atoms with Crippen molar-refractivity contribution in [1.82, 2.24) is 10.2 Å². The van der Waals surface area contributed by atoms with E-state index in [1.807, 2.05) is 20.8 Å². The van der Waals surface area contributed by atoms with Gasteiger partial charge in [0, 0.05) is 6.04 Å². The lowest BCUT2D eigenvalue weighted by Gasteiger charge is -2.30. The standard InChI is InChI=1S/C13H19N3O4/c1-13(2,3)9(7-11(17)18)14-10-6-5-8(15-16-10)12(19)20-4/h5-6,9H,7H2,1-4H3,(H,14,16)(H,17,18). The molecule has 7 heteroatoms. The zero-order valence-electron chi connectivity index (χ0n) is 12.0. The van der Waals surface area contributed by atoms with Crippen LogP contribution in [-0.2, 0) is 9.53 Å². The van der Waals surface area contributed by atoms with Gasteiger partial charge in [-0.3, -0.25) is 4.79 Å². The summed E-state index contributed by atoms with van der Waals surface area (Å²) < 4.78 is 4.52. The Morgan fingerprint density at radius 3 is 2.40 bits per heavy atom. The van der Waals surface area contributed by atoms with E-state index in [0.29, 0.717) is 5.82 Å². The molecular weight excluding hydrogens is 262 g/mol. The van der Waals surface area contributed by atoms with E-state index in [2.05, 4.69) is 20.3 Å². The minimum Gasteiger partial charge on any atom is -0.481 e. The summed E-state index contributed by atoms with van der Waals surface area (Å²) >= 11 is 0. The SMILES string of the molecule is COC(=O)c1ccc(NC(CC(=O)O)C(C)(C)C)nn1. The minimum atomic E-state index is -0.892. The molecule has 0 aromatic carbocycles. The van der Waals surface area contributed by atoms with Crippen molar-refractivity contribution in [3.63, 3.8) is 0 Å². The van der Waals surface area contributed by atoms with Crippen LogP contribution in [0.2, 0.25) is 0 Å². The quantitative estimate of drug-likeness (QED) is 0.790. The monoisotopic (exact) mass is 281 g/mol. The van der Waals surface area contributed by atoms with Crippen LogP contribution in [0.5, 0.6) is 0 Å². The van der Waals surface area contributed by atoms with Crippen LogP contribution < -0.4 is 5.32 Å². The van der Waals surface area contributed by atoms with E-state index < -0.39 is 11.9 Å². The molecule has 1 unspecified atom stereocenters. The first kappa shape index (κ1) is 15.9. The normalized spacial score (nSPS) is 12.6. The van der Waals surface area contributed by atoms with E-state index in [1.54, 1.807) is 6.07 Å². The number of aromatic nitrogens is 2. The van der Waals surface area contributed by atoms with Gasteiger partial charge in [-0.05, 0) is 17.5 Å². The van der Waals surface area contributed by atoms with Crippen molar-refractivity contribution in [1.29, 1.82) is 0 Å². The van der Waals surface area contributed by atoms with Crippen LogP contribution in [0, 0.1) is 5.41 Å². The molecule has 1 heterocycles. The van der Waals surface area contributed by atoms with Gasteiger partial charge in [0.2, 0.25) is 0 Å². The Hall–Kier alpha value is -2.18. The molecule has 0 aliphatic heterocycles. The first-order valence-electron chi connectivity index (χ1n) is 6.14. The molecule has 20 heavy (non-hydrogen) atoms. The molecule has 1 aromatic rings. The van der Waals surface area contributed by atoms with Crippen LogP contribution in [-0.4, -0.2) is 40.4 Å². The Balaban J connectivity index is 2.84. The molecule has 110 valence electrons. The molecule has 0 saturated heterocycles. The van der Waals surface area contributed by atoms with Gasteiger partial charge >= 0.3 is 11.9 Å². The van der Waals surface area contributed by atoms with Crippen LogP contribution in [0.4, 0.5) is 5.82 Å². The lowest BCUT2D eigenvalue weighted by molar-refractivity contribution is -0.137. The Bertz CT molecular complexity index is 479. The molecule has 0 fully saturated rings. The van der Waals surface area contributed by atoms with E-state index in [4.69, 9.17) is 5.11 Å². The maximum atomic E-state index is 11.2. The third kappa shape index (κ3) is 4.49. The zero-order chi connectivity index (χ0) is 15.3. The van der Waals surface area contributed by atoms with Crippen molar-refractivity contribution in [2.24, 2.45) is 5.41 Å². The Labute approximate surface area is 117 Å². The fraction of sp³-hybridized carbons (Fsp3) is 0.538. The van der Waals surface area contributed by atoms with Crippen molar-refractivity contribution in [2.75, 3.05) is 12.4 Å².